The predicted octanol–water partition coefficient (Wildman–Crippen LogP) is 4.04. The Bertz CT molecular complexity index is 625. The molecule has 0 spiro atoms. The second kappa shape index (κ2) is 7.74. The molecule has 24 heavy (non-hydrogen) atoms. The molecule has 0 saturated carbocycles. The molecule has 0 aliphatic carbocycles. The number of nitrogens with zero attached hydrogens (tertiary/aromatic N) is 1. The summed E-state index contributed by atoms with van der Waals surface area (Å²) >= 11 is 5.88. The van der Waals surface area contributed by atoms with Gasteiger partial charge in [-0.3, -0.25) is 15.8 Å². The number of benzene rings is 1. The quantitative estimate of drug-likeness (QED) is 0.367. The van der Waals surface area contributed by atoms with Crippen LogP contribution in [0.3, 0.4) is 0 Å². The van der Waals surface area contributed by atoms with E-state index in [1.807, 2.05) is 0 Å². The molecule has 134 valence electrons. The average Bonchev–Trinajstić information content (AvgIpc) is 2.42. The summed E-state index contributed by atoms with van der Waals surface area (Å²) < 4.78 is 43.1. The number of esters is 1. The van der Waals surface area contributed by atoms with Gasteiger partial charge in [0.2, 0.25) is 5.84 Å². The van der Waals surface area contributed by atoms with Gasteiger partial charge >= 0.3 is 12.1 Å². The van der Waals surface area contributed by atoms with E-state index in [1.165, 1.54) is 0 Å². The molecule has 0 fully saturated rings. The minimum atomic E-state index is -4.51. The van der Waals surface area contributed by atoms with Crippen LogP contribution in [-0.4, -0.2) is 24.0 Å². The highest BCUT2D eigenvalue weighted by Gasteiger charge is 2.31. The van der Waals surface area contributed by atoms with Gasteiger partial charge < -0.3 is 4.74 Å². The number of alkyl halides is 3. The van der Waals surface area contributed by atoms with Crippen molar-refractivity contribution in [2.75, 3.05) is 12.0 Å². The highest BCUT2D eigenvalue weighted by molar-refractivity contribution is 6.36. The van der Waals surface area contributed by atoms with Gasteiger partial charge in [-0.25, -0.2) is 4.79 Å². The van der Waals surface area contributed by atoms with Gasteiger partial charge in [-0.15, -0.1) is 0 Å². The molecule has 1 aromatic carbocycles. The first kappa shape index (κ1) is 20.1. The molecule has 0 atom stereocenters. The first-order chi connectivity index (χ1) is 10.9. The first-order valence-electron chi connectivity index (χ1n) is 7.10. The summed E-state index contributed by atoms with van der Waals surface area (Å²) in [5.74, 6) is -0.902. The SMILES string of the molecule is CCOC(=O)C(=NC(C)(C)C)NNc1cc(C(F)(F)F)ccc1Cl. The van der Waals surface area contributed by atoms with E-state index in [0.717, 1.165) is 18.2 Å². The van der Waals surface area contributed by atoms with Gasteiger partial charge in [-0.2, -0.15) is 13.2 Å². The number of hydrogen-bond acceptors (Lipinski definition) is 4. The van der Waals surface area contributed by atoms with Crippen molar-refractivity contribution >= 4 is 29.1 Å². The zero-order valence-electron chi connectivity index (χ0n) is 13.7. The van der Waals surface area contributed by atoms with Crippen molar-refractivity contribution in [1.29, 1.82) is 0 Å². The van der Waals surface area contributed by atoms with Crippen LogP contribution in [0.25, 0.3) is 0 Å². The molecule has 0 aliphatic rings. The number of carbonyl (C=O) groups excluding carboxylic acids is 1. The summed E-state index contributed by atoms with van der Waals surface area (Å²) in [7, 11) is 0. The van der Waals surface area contributed by atoms with Crippen LogP contribution < -0.4 is 10.9 Å². The first-order valence-corrected chi connectivity index (χ1v) is 7.47. The van der Waals surface area contributed by atoms with Crippen LogP contribution in [0.15, 0.2) is 23.2 Å². The van der Waals surface area contributed by atoms with E-state index in [2.05, 4.69) is 15.8 Å². The second-order valence-corrected chi connectivity index (χ2v) is 6.20. The number of halogens is 4. The molecule has 0 amide bonds. The third-order valence-corrected chi connectivity index (χ3v) is 2.85. The number of hydrazine groups is 1. The van der Waals surface area contributed by atoms with E-state index in [4.69, 9.17) is 16.3 Å². The third kappa shape index (κ3) is 6.27. The van der Waals surface area contributed by atoms with Crippen LogP contribution in [0.2, 0.25) is 5.02 Å². The summed E-state index contributed by atoms with van der Waals surface area (Å²) in [4.78, 5) is 16.0. The van der Waals surface area contributed by atoms with E-state index < -0.39 is 23.2 Å². The number of aliphatic imine (C=N–C) groups is 1. The standard InChI is InChI=1S/C15H19ClF3N3O2/c1-5-24-13(23)12(20-14(2,3)4)22-21-11-8-9(15(17,18)19)6-7-10(11)16/h6-8,21H,5H2,1-4H3,(H,20,22). The van der Waals surface area contributed by atoms with Gasteiger partial charge in [0.05, 0.1) is 28.4 Å². The molecular formula is C15H19ClF3N3O2. The fraction of sp³-hybridized carbons (Fsp3) is 0.467. The zero-order chi connectivity index (χ0) is 18.5. The Balaban J connectivity index is 3.02. The lowest BCUT2D eigenvalue weighted by Crippen LogP contribution is -2.39. The van der Waals surface area contributed by atoms with Gasteiger partial charge in [0, 0.05) is 0 Å². The largest absolute Gasteiger partial charge is 0.460 e. The number of hydrogen-bond donors (Lipinski definition) is 2. The van der Waals surface area contributed by atoms with Crippen LogP contribution in [-0.2, 0) is 15.7 Å². The van der Waals surface area contributed by atoms with Gasteiger partial charge in [0.25, 0.3) is 0 Å². The fourth-order valence-electron chi connectivity index (χ4n) is 1.58. The highest BCUT2D eigenvalue weighted by atomic mass is 35.5. The normalized spacial score (nSPS) is 12.8. The molecule has 0 aromatic heterocycles. The summed E-state index contributed by atoms with van der Waals surface area (Å²) in [5.41, 5.74) is 3.42. The van der Waals surface area contributed by atoms with Gasteiger partial charge in [-0.05, 0) is 45.9 Å². The number of ether oxygens (including phenoxy) is 1. The van der Waals surface area contributed by atoms with E-state index in [0.29, 0.717) is 0 Å². The number of anilines is 1. The van der Waals surface area contributed by atoms with Crippen molar-refractivity contribution in [1.82, 2.24) is 5.43 Å². The summed E-state index contributed by atoms with van der Waals surface area (Å²) in [5, 5.41) is 0.0504. The predicted molar refractivity (Wildman–Crippen MR) is 87.0 cm³/mol. The molecule has 0 bridgehead atoms. The molecule has 1 rings (SSSR count). The van der Waals surface area contributed by atoms with E-state index in [1.54, 1.807) is 27.7 Å². The van der Waals surface area contributed by atoms with Gasteiger partial charge in [-0.1, -0.05) is 11.6 Å². The number of nitrogens with one attached hydrogen (secondary N) is 2. The molecule has 2 N–H and O–H groups in total. The lowest BCUT2D eigenvalue weighted by molar-refractivity contribution is -0.137. The zero-order valence-corrected chi connectivity index (χ0v) is 14.5. The molecule has 0 radical (unpaired) electrons. The molecule has 0 unspecified atom stereocenters. The molecule has 0 heterocycles. The fourth-order valence-corrected chi connectivity index (χ4v) is 1.75. The number of rotatable bonds is 3. The molecule has 1 aromatic rings. The minimum Gasteiger partial charge on any atom is -0.460 e. The van der Waals surface area contributed by atoms with Crippen LogP contribution >= 0.6 is 11.6 Å². The van der Waals surface area contributed by atoms with Crippen molar-refractivity contribution in [3.8, 4) is 0 Å². The van der Waals surface area contributed by atoms with Crippen LogP contribution in [0, 0.1) is 0 Å². The Kier molecular flexibility index (Phi) is 6.48. The maximum absolute atomic E-state index is 12.8. The number of carbonyl (C=O) groups is 1. The topological polar surface area (TPSA) is 62.7 Å². The summed E-state index contributed by atoms with van der Waals surface area (Å²) in [6, 6.07) is 2.80. The maximum atomic E-state index is 12.8. The van der Waals surface area contributed by atoms with Crippen molar-refractivity contribution in [2.45, 2.75) is 39.4 Å². The van der Waals surface area contributed by atoms with E-state index in [-0.39, 0.29) is 23.2 Å². The highest BCUT2D eigenvalue weighted by Crippen LogP contribution is 2.33. The van der Waals surface area contributed by atoms with Crippen molar-refractivity contribution in [3.05, 3.63) is 28.8 Å². The summed E-state index contributed by atoms with van der Waals surface area (Å²) in [6.45, 7) is 7.03. The minimum absolute atomic E-state index is 0.0441. The molecule has 0 aliphatic heterocycles. The Hall–Kier alpha value is -1.96. The van der Waals surface area contributed by atoms with Crippen molar-refractivity contribution < 1.29 is 22.7 Å². The molecular weight excluding hydrogens is 347 g/mol. The van der Waals surface area contributed by atoms with Crippen molar-refractivity contribution in [2.24, 2.45) is 4.99 Å². The smallest absolute Gasteiger partial charge is 0.416 e. The van der Waals surface area contributed by atoms with Crippen LogP contribution in [0.4, 0.5) is 18.9 Å². The van der Waals surface area contributed by atoms with Gasteiger partial charge in [0.1, 0.15) is 0 Å². The lowest BCUT2D eigenvalue weighted by Gasteiger charge is -2.18. The van der Waals surface area contributed by atoms with Crippen LogP contribution in [0.1, 0.15) is 33.3 Å². The van der Waals surface area contributed by atoms with E-state index in [9.17, 15) is 18.0 Å². The Morgan fingerprint density at radius 1 is 1.29 bits per heavy atom. The Labute approximate surface area is 143 Å². The van der Waals surface area contributed by atoms with Crippen LogP contribution in [0.5, 0.6) is 0 Å². The monoisotopic (exact) mass is 365 g/mol. The molecule has 5 nitrogen and oxygen atoms in total. The second-order valence-electron chi connectivity index (χ2n) is 5.79. The Morgan fingerprint density at radius 2 is 1.92 bits per heavy atom. The lowest BCUT2D eigenvalue weighted by atomic mass is 10.1. The number of amidine groups is 1. The molecule has 0 saturated heterocycles. The van der Waals surface area contributed by atoms with Crippen molar-refractivity contribution in [3.63, 3.8) is 0 Å². The molecule has 9 heteroatoms. The maximum Gasteiger partial charge on any atom is 0.416 e. The average molecular weight is 366 g/mol. The summed E-state index contributed by atoms with van der Waals surface area (Å²) in [6.07, 6.45) is -4.51. The van der Waals surface area contributed by atoms with Gasteiger partial charge in [0.15, 0.2) is 0 Å². The van der Waals surface area contributed by atoms with E-state index >= 15 is 0 Å². The Morgan fingerprint density at radius 3 is 2.42 bits per heavy atom. The third-order valence-electron chi connectivity index (χ3n) is 2.53.